The number of thiophene rings is 1. The third-order valence-corrected chi connectivity index (χ3v) is 5.72. The molecule has 0 aliphatic carbocycles. The normalized spacial score (nSPS) is 12.0. The van der Waals surface area contributed by atoms with Crippen LogP contribution in [0.4, 0.5) is 0 Å². The molecule has 4 aromatic rings. The van der Waals surface area contributed by atoms with Gasteiger partial charge in [-0.25, -0.2) is 14.6 Å². The van der Waals surface area contributed by atoms with Gasteiger partial charge in [0.15, 0.2) is 0 Å². The summed E-state index contributed by atoms with van der Waals surface area (Å²) in [6.45, 7) is 1.99. The molecule has 0 saturated carbocycles. The highest BCUT2D eigenvalue weighted by Crippen LogP contribution is 2.23. The van der Waals surface area contributed by atoms with Crippen LogP contribution in [0.3, 0.4) is 0 Å². The Balaban J connectivity index is 1.54. The molecule has 0 fully saturated rings. The summed E-state index contributed by atoms with van der Waals surface area (Å²) in [6.07, 6.45) is 2.44. The number of nitrogens with zero attached hydrogens (tertiary/aromatic N) is 5. The first-order valence-corrected chi connectivity index (χ1v) is 10.3. The molecule has 1 aromatic carbocycles. The van der Waals surface area contributed by atoms with E-state index in [9.17, 15) is 9.90 Å². The highest BCUT2D eigenvalue weighted by Gasteiger charge is 2.22. The summed E-state index contributed by atoms with van der Waals surface area (Å²) in [6, 6.07) is 15.1. The van der Waals surface area contributed by atoms with E-state index in [2.05, 4.69) is 15.1 Å². The maximum Gasteiger partial charge on any atom is 0.257 e. The molecule has 0 radical (unpaired) electrons. The highest BCUT2D eigenvalue weighted by atomic mass is 32.1. The molecule has 0 unspecified atom stereocenters. The molecule has 3 heterocycles. The van der Waals surface area contributed by atoms with E-state index < -0.39 is 6.10 Å². The molecule has 1 atom stereocenters. The van der Waals surface area contributed by atoms with E-state index in [1.807, 2.05) is 60.8 Å². The van der Waals surface area contributed by atoms with Gasteiger partial charge in [0, 0.05) is 13.2 Å². The summed E-state index contributed by atoms with van der Waals surface area (Å²) in [5.74, 6) is 0.188. The molecule has 0 spiro atoms. The second-order valence-electron chi connectivity index (χ2n) is 6.89. The molecule has 30 heavy (non-hydrogen) atoms. The van der Waals surface area contributed by atoms with E-state index in [1.54, 1.807) is 29.3 Å². The van der Waals surface area contributed by atoms with Gasteiger partial charge in [-0.15, -0.1) is 11.3 Å². The van der Waals surface area contributed by atoms with E-state index >= 15 is 0 Å². The number of aliphatic hydroxyl groups excluding tert-OH is 1. The van der Waals surface area contributed by atoms with E-state index in [-0.39, 0.29) is 12.5 Å². The van der Waals surface area contributed by atoms with Gasteiger partial charge in [-0.3, -0.25) is 4.79 Å². The third kappa shape index (κ3) is 4.00. The Morgan fingerprint density at radius 2 is 2.00 bits per heavy atom. The number of hydrogen-bond acceptors (Lipinski definition) is 6. The topological polar surface area (TPSA) is 84.1 Å². The van der Waals surface area contributed by atoms with Crippen LogP contribution in [0, 0.1) is 6.92 Å². The number of hydrogen-bond donors (Lipinski definition) is 1. The SMILES string of the molecule is Cc1c(C(=O)N(C)C[C@@H](O)c2ccccc2)cnn1-c1nccc(-c2cccs2)n1. The van der Waals surface area contributed by atoms with Crippen molar-refractivity contribution < 1.29 is 9.90 Å². The zero-order chi connectivity index (χ0) is 21.1. The standard InChI is InChI=1S/C22H21N5O2S/c1-15-17(21(29)26(2)14-19(28)16-7-4-3-5-8-16)13-24-27(15)22-23-11-10-18(25-22)20-9-6-12-30-20/h3-13,19,28H,14H2,1-2H3/t19-/m1/s1. The summed E-state index contributed by atoms with van der Waals surface area (Å²) >= 11 is 1.60. The number of benzene rings is 1. The van der Waals surface area contributed by atoms with Crippen molar-refractivity contribution in [2.45, 2.75) is 13.0 Å². The van der Waals surface area contributed by atoms with Gasteiger partial charge < -0.3 is 10.0 Å². The molecule has 7 nitrogen and oxygen atoms in total. The molecule has 1 amide bonds. The Bertz CT molecular complexity index is 1140. The monoisotopic (exact) mass is 419 g/mol. The Labute approximate surface area is 178 Å². The van der Waals surface area contributed by atoms with Crippen LogP contribution in [0.1, 0.15) is 27.7 Å². The molecular formula is C22H21N5O2S. The van der Waals surface area contributed by atoms with Gasteiger partial charge in [-0.05, 0) is 30.0 Å². The van der Waals surface area contributed by atoms with Crippen LogP contribution < -0.4 is 0 Å². The van der Waals surface area contributed by atoms with Gasteiger partial charge in [0.05, 0.1) is 40.7 Å². The summed E-state index contributed by atoms with van der Waals surface area (Å²) < 4.78 is 1.56. The molecule has 8 heteroatoms. The Kier molecular flexibility index (Phi) is 5.69. The predicted octanol–water partition coefficient (Wildman–Crippen LogP) is 3.50. The number of aromatic nitrogens is 4. The quantitative estimate of drug-likeness (QED) is 0.517. The fourth-order valence-corrected chi connectivity index (χ4v) is 3.86. The lowest BCUT2D eigenvalue weighted by molar-refractivity contribution is 0.0680. The van der Waals surface area contributed by atoms with E-state index in [0.717, 1.165) is 16.1 Å². The first-order chi connectivity index (χ1) is 14.5. The van der Waals surface area contributed by atoms with Gasteiger partial charge in [0.25, 0.3) is 11.9 Å². The summed E-state index contributed by atoms with van der Waals surface area (Å²) in [7, 11) is 1.67. The molecular weight excluding hydrogens is 398 g/mol. The van der Waals surface area contributed by atoms with Crippen molar-refractivity contribution in [2.75, 3.05) is 13.6 Å². The number of carbonyl (C=O) groups excluding carboxylic acids is 1. The van der Waals surface area contributed by atoms with Crippen LogP contribution in [0.5, 0.6) is 0 Å². The minimum atomic E-state index is -0.763. The first kappa shape index (κ1) is 19.9. The minimum absolute atomic E-state index is 0.178. The van der Waals surface area contributed by atoms with E-state index in [0.29, 0.717) is 17.2 Å². The maximum atomic E-state index is 13.0. The maximum absolute atomic E-state index is 13.0. The summed E-state index contributed by atoms with van der Waals surface area (Å²) in [4.78, 5) is 24.4. The van der Waals surface area contributed by atoms with Gasteiger partial charge in [0.1, 0.15) is 0 Å². The van der Waals surface area contributed by atoms with Gasteiger partial charge in [-0.1, -0.05) is 36.4 Å². The summed E-state index contributed by atoms with van der Waals surface area (Å²) in [5, 5.41) is 16.8. The second kappa shape index (κ2) is 8.56. The number of amides is 1. The fourth-order valence-electron chi connectivity index (χ4n) is 3.16. The fraction of sp³-hybridized carbons (Fsp3) is 0.182. The largest absolute Gasteiger partial charge is 0.387 e. The molecule has 0 bridgehead atoms. The Morgan fingerprint density at radius 3 is 2.73 bits per heavy atom. The van der Waals surface area contributed by atoms with Crippen LogP contribution >= 0.6 is 11.3 Å². The molecule has 3 aromatic heterocycles. The first-order valence-electron chi connectivity index (χ1n) is 9.45. The van der Waals surface area contributed by atoms with Crippen molar-refractivity contribution in [1.82, 2.24) is 24.6 Å². The number of carbonyl (C=O) groups is 1. The van der Waals surface area contributed by atoms with Crippen LogP contribution in [0.15, 0.2) is 66.3 Å². The van der Waals surface area contributed by atoms with Crippen molar-refractivity contribution in [3.05, 3.63) is 83.1 Å². The van der Waals surface area contributed by atoms with E-state index in [1.165, 1.54) is 11.1 Å². The molecule has 0 saturated heterocycles. The number of likely N-dealkylation sites (N-methyl/N-ethyl adjacent to an activating group) is 1. The zero-order valence-electron chi connectivity index (χ0n) is 16.6. The smallest absolute Gasteiger partial charge is 0.257 e. The van der Waals surface area contributed by atoms with Crippen molar-refractivity contribution in [1.29, 1.82) is 0 Å². The number of aliphatic hydroxyl groups is 1. The van der Waals surface area contributed by atoms with E-state index in [4.69, 9.17) is 0 Å². The third-order valence-electron chi connectivity index (χ3n) is 4.82. The Hall–Kier alpha value is -3.36. The Morgan fingerprint density at radius 1 is 1.20 bits per heavy atom. The van der Waals surface area contributed by atoms with Crippen LogP contribution in [0.2, 0.25) is 0 Å². The zero-order valence-corrected chi connectivity index (χ0v) is 17.5. The van der Waals surface area contributed by atoms with Crippen molar-refractivity contribution in [3.63, 3.8) is 0 Å². The minimum Gasteiger partial charge on any atom is -0.387 e. The average molecular weight is 420 g/mol. The highest BCUT2D eigenvalue weighted by molar-refractivity contribution is 7.13. The molecule has 1 N–H and O–H groups in total. The van der Waals surface area contributed by atoms with Crippen molar-refractivity contribution in [3.8, 4) is 16.5 Å². The van der Waals surface area contributed by atoms with Crippen LogP contribution in [-0.4, -0.2) is 49.3 Å². The van der Waals surface area contributed by atoms with Gasteiger partial charge in [0.2, 0.25) is 0 Å². The van der Waals surface area contributed by atoms with Gasteiger partial charge >= 0.3 is 0 Å². The molecule has 0 aliphatic rings. The summed E-state index contributed by atoms with van der Waals surface area (Å²) in [5.41, 5.74) is 2.66. The second-order valence-corrected chi connectivity index (χ2v) is 7.83. The van der Waals surface area contributed by atoms with Crippen molar-refractivity contribution in [2.24, 2.45) is 0 Å². The average Bonchev–Trinajstić information content (AvgIpc) is 3.44. The van der Waals surface area contributed by atoms with Crippen molar-refractivity contribution >= 4 is 17.2 Å². The number of rotatable bonds is 6. The predicted molar refractivity (Wildman–Crippen MR) is 116 cm³/mol. The van der Waals surface area contributed by atoms with Gasteiger partial charge in [-0.2, -0.15) is 5.10 Å². The molecule has 4 rings (SSSR count). The molecule has 152 valence electrons. The lowest BCUT2D eigenvalue weighted by Crippen LogP contribution is -2.31. The lowest BCUT2D eigenvalue weighted by atomic mass is 10.1. The lowest BCUT2D eigenvalue weighted by Gasteiger charge is -2.21. The van der Waals surface area contributed by atoms with Crippen LogP contribution in [-0.2, 0) is 0 Å². The van der Waals surface area contributed by atoms with Crippen LogP contribution in [0.25, 0.3) is 16.5 Å². The molecule has 0 aliphatic heterocycles.